The molecule has 0 unspecified atom stereocenters. The summed E-state index contributed by atoms with van der Waals surface area (Å²) in [4.78, 5) is 48.9. The number of nitrogens with one attached hydrogen (secondary N) is 2. The standard InChI is InChI=1S/C29H32F5N7O5/c1-15-20(39-46-38-15)24(42)37-21(16-5-7-28(31,32)8-6-16)23-35-18-4-3-17(19(30)22(18)36-23)27(25(43)41-13-29(33,34)14-41)9-11-40(12-10-27)26(44)45-2/h3-4,16,21H,5-14H2,1-2H3,(H,35,36)(H,37,42)/t21-/m0/s1. The Kier molecular flexibility index (Phi) is 7.91. The Labute approximate surface area is 259 Å². The van der Waals surface area contributed by atoms with E-state index in [4.69, 9.17) is 4.74 Å². The molecule has 4 heterocycles. The molecule has 2 saturated heterocycles. The van der Waals surface area contributed by atoms with Crippen molar-refractivity contribution < 1.29 is 45.7 Å². The maximum atomic E-state index is 16.6. The quantitative estimate of drug-likeness (QED) is 0.375. The maximum absolute atomic E-state index is 16.6. The van der Waals surface area contributed by atoms with Gasteiger partial charge in [0.05, 0.1) is 37.2 Å². The van der Waals surface area contributed by atoms with Crippen LogP contribution in [0.5, 0.6) is 0 Å². The number of carbonyl (C=O) groups excluding carboxylic acids is 3. The summed E-state index contributed by atoms with van der Waals surface area (Å²) in [6.45, 7) is -0.0563. The van der Waals surface area contributed by atoms with Crippen molar-refractivity contribution in [2.45, 2.75) is 68.8 Å². The molecule has 1 saturated carbocycles. The van der Waals surface area contributed by atoms with E-state index in [1.807, 2.05) is 0 Å². The normalized spacial score (nSPS) is 21.5. The fraction of sp³-hybridized carbons (Fsp3) is 0.586. The summed E-state index contributed by atoms with van der Waals surface area (Å²) in [6, 6.07) is 1.94. The van der Waals surface area contributed by atoms with E-state index < -0.39 is 78.9 Å². The third kappa shape index (κ3) is 5.63. The van der Waals surface area contributed by atoms with Crippen LogP contribution < -0.4 is 5.32 Å². The molecule has 2 aliphatic heterocycles. The monoisotopic (exact) mass is 653 g/mol. The van der Waals surface area contributed by atoms with Crippen LogP contribution in [0.15, 0.2) is 16.8 Å². The summed E-state index contributed by atoms with van der Waals surface area (Å²) in [6.07, 6.45) is -1.45. The van der Waals surface area contributed by atoms with E-state index in [1.165, 1.54) is 31.1 Å². The van der Waals surface area contributed by atoms with Gasteiger partial charge in [-0.3, -0.25) is 9.59 Å². The first-order valence-corrected chi connectivity index (χ1v) is 14.9. The number of aryl methyl sites for hydroxylation is 1. The lowest BCUT2D eigenvalue weighted by Gasteiger charge is -2.47. The highest BCUT2D eigenvalue weighted by Crippen LogP contribution is 2.44. The number of piperidine rings is 1. The first-order valence-electron chi connectivity index (χ1n) is 14.9. The number of imidazole rings is 1. The molecular formula is C29H32F5N7O5. The van der Waals surface area contributed by atoms with Gasteiger partial charge in [-0.1, -0.05) is 11.2 Å². The first-order chi connectivity index (χ1) is 21.7. The molecule has 1 aliphatic carbocycles. The summed E-state index contributed by atoms with van der Waals surface area (Å²) in [5.74, 6) is -8.52. The number of fused-ring (bicyclic) bond motifs is 1. The molecule has 248 valence electrons. The largest absolute Gasteiger partial charge is 0.453 e. The fourth-order valence-electron chi connectivity index (χ4n) is 6.79. The highest BCUT2D eigenvalue weighted by molar-refractivity contribution is 5.93. The fourth-order valence-corrected chi connectivity index (χ4v) is 6.79. The third-order valence-electron chi connectivity index (χ3n) is 9.40. The number of nitrogens with zero attached hydrogens (tertiary/aromatic N) is 5. The molecule has 2 N–H and O–H groups in total. The van der Waals surface area contributed by atoms with Crippen LogP contribution in [0.1, 0.15) is 72.1 Å². The number of aromatic amines is 1. The number of halogens is 5. The number of amides is 3. The van der Waals surface area contributed by atoms with Gasteiger partial charge < -0.3 is 24.8 Å². The number of hydrogen-bond donors (Lipinski definition) is 2. The van der Waals surface area contributed by atoms with Gasteiger partial charge in [-0.05, 0) is 49.7 Å². The molecule has 1 aromatic carbocycles. The minimum absolute atomic E-state index is 0.0165. The van der Waals surface area contributed by atoms with Gasteiger partial charge in [-0.15, -0.1) is 0 Å². The number of H-pyrrole nitrogens is 1. The lowest BCUT2D eigenvalue weighted by molar-refractivity contribution is -0.173. The van der Waals surface area contributed by atoms with E-state index in [0.717, 1.165) is 4.90 Å². The van der Waals surface area contributed by atoms with Crippen molar-refractivity contribution in [3.63, 3.8) is 0 Å². The number of aromatic nitrogens is 4. The van der Waals surface area contributed by atoms with E-state index in [-0.39, 0.29) is 72.6 Å². The van der Waals surface area contributed by atoms with Crippen molar-refractivity contribution in [1.29, 1.82) is 0 Å². The molecule has 2 aromatic heterocycles. The minimum atomic E-state index is -3.05. The summed E-state index contributed by atoms with van der Waals surface area (Å²) in [5.41, 5.74) is -1.50. The molecule has 0 spiro atoms. The Hall–Kier alpha value is -4.31. The first kappa shape index (κ1) is 31.7. The maximum Gasteiger partial charge on any atom is 0.409 e. The molecule has 6 rings (SSSR count). The van der Waals surface area contributed by atoms with Gasteiger partial charge in [0.15, 0.2) is 11.5 Å². The van der Waals surface area contributed by atoms with Crippen LogP contribution in [0.4, 0.5) is 26.7 Å². The van der Waals surface area contributed by atoms with Gasteiger partial charge >= 0.3 is 6.09 Å². The van der Waals surface area contributed by atoms with E-state index in [0.29, 0.717) is 0 Å². The summed E-state index contributed by atoms with van der Waals surface area (Å²) >= 11 is 0. The van der Waals surface area contributed by atoms with Crippen molar-refractivity contribution in [3.05, 3.63) is 40.7 Å². The predicted octanol–water partition coefficient (Wildman–Crippen LogP) is 4.27. The number of benzene rings is 1. The number of carbonyl (C=O) groups is 3. The van der Waals surface area contributed by atoms with Crippen LogP contribution >= 0.6 is 0 Å². The third-order valence-corrected chi connectivity index (χ3v) is 9.40. The highest BCUT2D eigenvalue weighted by atomic mass is 19.3. The molecule has 1 atom stereocenters. The number of rotatable bonds is 6. The van der Waals surface area contributed by atoms with Gasteiger partial charge in [0, 0.05) is 31.5 Å². The predicted molar refractivity (Wildman–Crippen MR) is 149 cm³/mol. The average molecular weight is 654 g/mol. The molecule has 3 aliphatic rings. The van der Waals surface area contributed by atoms with E-state index in [9.17, 15) is 31.9 Å². The van der Waals surface area contributed by atoms with Crippen LogP contribution in [-0.2, 0) is 14.9 Å². The van der Waals surface area contributed by atoms with Crippen LogP contribution in [0.2, 0.25) is 0 Å². The Morgan fingerprint density at radius 3 is 2.28 bits per heavy atom. The van der Waals surface area contributed by atoms with Crippen LogP contribution in [0.3, 0.4) is 0 Å². The van der Waals surface area contributed by atoms with Crippen molar-refractivity contribution in [2.75, 3.05) is 33.3 Å². The van der Waals surface area contributed by atoms with Crippen molar-refractivity contribution in [3.8, 4) is 0 Å². The number of alkyl halides is 4. The van der Waals surface area contributed by atoms with E-state index >= 15 is 4.39 Å². The van der Waals surface area contributed by atoms with Gasteiger partial charge in [0.1, 0.15) is 17.0 Å². The molecule has 0 bridgehead atoms. The van der Waals surface area contributed by atoms with Crippen molar-refractivity contribution in [1.82, 2.24) is 35.4 Å². The molecule has 46 heavy (non-hydrogen) atoms. The molecule has 3 fully saturated rings. The lowest BCUT2D eigenvalue weighted by atomic mass is 9.70. The number of hydrogen-bond acceptors (Lipinski definition) is 8. The smallest absolute Gasteiger partial charge is 0.409 e. The second-order valence-corrected chi connectivity index (χ2v) is 12.3. The van der Waals surface area contributed by atoms with Gasteiger partial charge in [0.2, 0.25) is 11.8 Å². The van der Waals surface area contributed by atoms with Crippen molar-refractivity contribution >= 4 is 28.9 Å². The molecule has 12 nitrogen and oxygen atoms in total. The second-order valence-electron chi connectivity index (χ2n) is 12.3. The minimum Gasteiger partial charge on any atom is -0.453 e. The van der Waals surface area contributed by atoms with Gasteiger partial charge in [-0.25, -0.2) is 36.4 Å². The zero-order valence-corrected chi connectivity index (χ0v) is 25.0. The zero-order valence-electron chi connectivity index (χ0n) is 25.0. The molecule has 17 heteroatoms. The van der Waals surface area contributed by atoms with E-state index in [2.05, 4.69) is 30.2 Å². The van der Waals surface area contributed by atoms with Gasteiger partial charge in [-0.2, -0.15) is 0 Å². The molecule has 0 radical (unpaired) electrons. The van der Waals surface area contributed by atoms with Crippen LogP contribution in [0, 0.1) is 18.7 Å². The highest BCUT2D eigenvalue weighted by Gasteiger charge is 2.54. The van der Waals surface area contributed by atoms with Crippen LogP contribution in [-0.4, -0.2) is 93.1 Å². The number of methoxy groups -OCH3 is 1. The number of ether oxygens (including phenoxy) is 1. The Morgan fingerprint density at radius 1 is 1.02 bits per heavy atom. The molecule has 3 amide bonds. The number of likely N-dealkylation sites (tertiary alicyclic amines) is 2. The second kappa shape index (κ2) is 11.5. The summed E-state index contributed by atoms with van der Waals surface area (Å²) < 4.78 is 81.6. The topological polar surface area (TPSA) is 147 Å². The lowest BCUT2D eigenvalue weighted by Crippen LogP contribution is -2.64. The SMILES string of the molecule is COC(=O)N1CCC(C(=O)N2CC(F)(F)C2)(c2ccc3[nH]c([C@@H](NC(=O)c4nonc4C)C4CCC(F)(F)CC4)nc3c2F)CC1. The Morgan fingerprint density at radius 2 is 1.70 bits per heavy atom. The van der Waals surface area contributed by atoms with Crippen LogP contribution in [0.25, 0.3) is 11.0 Å². The summed E-state index contributed by atoms with van der Waals surface area (Å²) in [5, 5.41) is 9.98. The van der Waals surface area contributed by atoms with Crippen molar-refractivity contribution in [2.24, 2.45) is 5.92 Å². The molecular weight excluding hydrogens is 621 g/mol. The zero-order chi connectivity index (χ0) is 33.0. The van der Waals surface area contributed by atoms with E-state index in [1.54, 1.807) is 0 Å². The van der Waals surface area contributed by atoms with Gasteiger partial charge in [0.25, 0.3) is 11.8 Å². The Bertz CT molecular complexity index is 1650. The average Bonchev–Trinajstić information content (AvgIpc) is 3.65. The summed E-state index contributed by atoms with van der Waals surface area (Å²) in [7, 11) is 1.21. The Balaban J connectivity index is 1.37. The molecule has 3 aromatic rings.